The van der Waals surface area contributed by atoms with E-state index in [1.165, 1.54) is 0 Å². The SMILES string of the molecule is COc1cccc2c1OC[C@@H](C(=O)NCc1cc(C)nn1C)C2. The second-order valence-electron chi connectivity index (χ2n) is 5.78. The first-order valence-electron chi connectivity index (χ1n) is 7.64. The molecule has 0 spiro atoms. The highest BCUT2D eigenvalue weighted by molar-refractivity contribution is 5.79. The van der Waals surface area contributed by atoms with Crippen LogP contribution in [0, 0.1) is 12.8 Å². The summed E-state index contributed by atoms with van der Waals surface area (Å²) in [5, 5.41) is 7.25. The summed E-state index contributed by atoms with van der Waals surface area (Å²) in [7, 11) is 3.49. The predicted octanol–water partition coefficient (Wildman–Crippen LogP) is 1.60. The Morgan fingerprint density at radius 2 is 2.35 bits per heavy atom. The zero-order valence-electron chi connectivity index (χ0n) is 13.6. The molecular weight excluding hydrogens is 294 g/mol. The number of benzene rings is 1. The van der Waals surface area contributed by atoms with Crippen LogP contribution in [0.5, 0.6) is 11.5 Å². The van der Waals surface area contributed by atoms with E-state index in [1.807, 2.05) is 38.2 Å². The Balaban J connectivity index is 1.64. The first kappa shape index (κ1) is 15.4. The van der Waals surface area contributed by atoms with E-state index in [9.17, 15) is 4.79 Å². The third-order valence-electron chi connectivity index (χ3n) is 4.09. The average Bonchev–Trinajstić information content (AvgIpc) is 2.89. The molecule has 0 unspecified atom stereocenters. The molecular formula is C17H21N3O3. The zero-order valence-corrected chi connectivity index (χ0v) is 13.6. The van der Waals surface area contributed by atoms with Gasteiger partial charge in [0.1, 0.15) is 6.61 Å². The number of fused-ring (bicyclic) bond motifs is 1. The van der Waals surface area contributed by atoms with Gasteiger partial charge in [0.25, 0.3) is 0 Å². The van der Waals surface area contributed by atoms with Crippen molar-refractivity contribution < 1.29 is 14.3 Å². The molecule has 0 saturated carbocycles. The van der Waals surface area contributed by atoms with Crippen LogP contribution in [0.25, 0.3) is 0 Å². The first-order valence-corrected chi connectivity index (χ1v) is 7.64. The minimum absolute atomic E-state index is 0.00248. The van der Waals surface area contributed by atoms with Crippen molar-refractivity contribution in [2.24, 2.45) is 13.0 Å². The van der Waals surface area contributed by atoms with E-state index in [-0.39, 0.29) is 11.8 Å². The van der Waals surface area contributed by atoms with E-state index in [2.05, 4.69) is 10.4 Å². The van der Waals surface area contributed by atoms with Crippen molar-refractivity contribution in [1.29, 1.82) is 0 Å². The molecule has 0 bridgehead atoms. The first-order chi connectivity index (χ1) is 11.1. The van der Waals surface area contributed by atoms with Crippen molar-refractivity contribution in [1.82, 2.24) is 15.1 Å². The summed E-state index contributed by atoms with van der Waals surface area (Å²) in [5.41, 5.74) is 2.93. The molecule has 1 atom stereocenters. The Hall–Kier alpha value is -2.50. The lowest BCUT2D eigenvalue weighted by atomic mass is 9.95. The minimum atomic E-state index is -0.191. The van der Waals surface area contributed by atoms with Crippen LogP contribution in [0.1, 0.15) is 17.0 Å². The lowest BCUT2D eigenvalue weighted by Crippen LogP contribution is -2.37. The maximum atomic E-state index is 12.4. The summed E-state index contributed by atoms with van der Waals surface area (Å²) < 4.78 is 12.8. The third-order valence-corrected chi connectivity index (χ3v) is 4.09. The number of nitrogens with one attached hydrogen (secondary N) is 1. The van der Waals surface area contributed by atoms with Crippen LogP contribution in [0.4, 0.5) is 0 Å². The van der Waals surface area contributed by atoms with Gasteiger partial charge in [-0.2, -0.15) is 5.10 Å². The van der Waals surface area contributed by atoms with Gasteiger partial charge in [-0.15, -0.1) is 0 Å². The lowest BCUT2D eigenvalue weighted by molar-refractivity contribution is -0.126. The Morgan fingerprint density at radius 3 is 3.04 bits per heavy atom. The highest BCUT2D eigenvalue weighted by Crippen LogP contribution is 2.36. The number of para-hydroxylation sites is 1. The van der Waals surface area contributed by atoms with E-state index in [0.29, 0.717) is 25.3 Å². The van der Waals surface area contributed by atoms with Gasteiger partial charge in [0.05, 0.1) is 31.0 Å². The number of hydrogen-bond donors (Lipinski definition) is 1. The van der Waals surface area contributed by atoms with Crippen molar-refractivity contribution >= 4 is 5.91 Å². The molecule has 6 nitrogen and oxygen atoms in total. The van der Waals surface area contributed by atoms with E-state index >= 15 is 0 Å². The molecule has 3 rings (SSSR count). The van der Waals surface area contributed by atoms with Crippen LogP contribution in [0.15, 0.2) is 24.3 Å². The van der Waals surface area contributed by atoms with Crippen molar-refractivity contribution in [2.75, 3.05) is 13.7 Å². The van der Waals surface area contributed by atoms with E-state index in [4.69, 9.17) is 9.47 Å². The summed E-state index contributed by atoms with van der Waals surface area (Å²) in [6, 6.07) is 7.73. The van der Waals surface area contributed by atoms with Crippen LogP contribution in [0.2, 0.25) is 0 Å². The molecule has 0 saturated heterocycles. The number of amides is 1. The number of ether oxygens (including phenoxy) is 2. The highest BCUT2D eigenvalue weighted by Gasteiger charge is 2.27. The van der Waals surface area contributed by atoms with Crippen molar-refractivity contribution in [3.63, 3.8) is 0 Å². The van der Waals surface area contributed by atoms with Crippen molar-refractivity contribution in [2.45, 2.75) is 19.9 Å². The molecule has 0 fully saturated rings. The van der Waals surface area contributed by atoms with E-state index in [1.54, 1.807) is 11.8 Å². The van der Waals surface area contributed by atoms with Gasteiger partial charge < -0.3 is 14.8 Å². The molecule has 1 N–H and O–H groups in total. The van der Waals surface area contributed by atoms with Crippen LogP contribution in [-0.4, -0.2) is 29.4 Å². The second kappa shape index (κ2) is 6.32. The van der Waals surface area contributed by atoms with Gasteiger partial charge in [0.2, 0.25) is 5.91 Å². The molecule has 2 heterocycles. The van der Waals surface area contributed by atoms with Gasteiger partial charge in [-0.3, -0.25) is 9.48 Å². The topological polar surface area (TPSA) is 65.4 Å². The van der Waals surface area contributed by atoms with E-state index in [0.717, 1.165) is 22.7 Å². The Morgan fingerprint density at radius 1 is 1.52 bits per heavy atom. The molecule has 23 heavy (non-hydrogen) atoms. The number of carbonyl (C=O) groups excluding carboxylic acids is 1. The molecule has 0 radical (unpaired) electrons. The maximum absolute atomic E-state index is 12.4. The van der Waals surface area contributed by atoms with E-state index < -0.39 is 0 Å². The molecule has 1 aromatic carbocycles. The smallest absolute Gasteiger partial charge is 0.227 e. The van der Waals surface area contributed by atoms with Gasteiger partial charge in [-0.1, -0.05) is 12.1 Å². The third kappa shape index (κ3) is 3.16. The monoisotopic (exact) mass is 315 g/mol. The molecule has 122 valence electrons. The number of nitrogens with zero attached hydrogens (tertiary/aromatic N) is 2. The fourth-order valence-corrected chi connectivity index (χ4v) is 2.87. The zero-order chi connectivity index (χ0) is 16.4. The number of carbonyl (C=O) groups is 1. The Bertz CT molecular complexity index is 724. The lowest BCUT2D eigenvalue weighted by Gasteiger charge is -2.25. The molecule has 1 aliphatic rings. The summed E-state index contributed by atoms with van der Waals surface area (Å²) in [4.78, 5) is 12.4. The summed E-state index contributed by atoms with van der Waals surface area (Å²) in [5.74, 6) is 1.27. The molecule has 1 amide bonds. The van der Waals surface area contributed by atoms with Crippen LogP contribution < -0.4 is 14.8 Å². The summed E-state index contributed by atoms with van der Waals surface area (Å²) in [6.45, 7) is 2.77. The van der Waals surface area contributed by atoms with Gasteiger partial charge >= 0.3 is 0 Å². The Labute approximate surface area is 135 Å². The number of aromatic nitrogens is 2. The summed E-state index contributed by atoms with van der Waals surface area (Å²) >= 11 is 0. The predicted molar refractivity (Wildman–Crippen MR) is 85.5 cm³/mol. The molecule has 6 heteroatoms. The number of hydrogen-bond acceptors (Lipinski definition) is 4. The number of aryl methyl sites for hydroxylation is 2. The number of rotatable bonds is 4. The summed E-state index contributed by atoms with van der Waals surface area (Å²) in [6.07, 6.45) is 0.656. The van der Waals surface area contributed by atoms with Crippen LogP contribution >= 0.6 is 0 Å². The van der Waals surface area contributed by atoms with Gasteiger partial charge in [-0.05, 0) is 31.0 Å². The largest absolute Gasteiger partial charge is 0.493 e. The van der Waals surface area contributed by atoms with Crippen LogP contribution in [0.3, 0.4) is 0 Å². The second-order valence-corrected chi connectivity index (χ2v) is 5.78. The molecule has 1 aliphatic heterocycles. The Kier molecular flexibility index (Phi) is 4.23. The maximum Gasteiger partial charge on any atom is 0.227 e. The van der Waals surface area contributed by atoms with Gasteiger partial charge in [0.15, 0.2) is 11.5 Å². The highest BCUT2D eigenvalue weighted by atomic mass is 16.5. The normalized spacial score (nSPS) is 16.4. The molecule has 0 aliphatic carbocycles. The van der Waals surface area contributed by atoms with Crippen molar-refractivity contribution in [3.05, 3.63) is 41.2 Å². The van der Waals surface area contributed by atoms with Crippen molar-refractivity contribution in [3.8, 4) is 11.5 Å². The molecule has 1 aromatic heterocycles. The van der Waals surface area contributed by atoms with Gasteiger partial charge in [-0.25, -0.2) is 0 Å². The quantitative estimate of drug-likeness (QED) is 0.931. The average molecular weight is 315 g/mol. The van der Waals surface area contributed by atoms with Crippen LogP contribution in [-0.2, 0) is 24.8 Å². The fourth-order valence-electron chi connectivity index (χ4n) is 2.87. The standard InChI is InChI=1S/C17H21N3O3/c1-11-7-14(20(2)19-11)9-18-17(21)13-8-12-5-4-6-15(22-3)16(12)23-10-13/h4-7,13H,8-10H2,1-3H3,(H,18,21)/t13-/m0/s1. The number of methoxy groups -OCH3 is 1. The minimum Gasteiger partial charge on any atom is -0.493 e. The molecule has 2 aromatic rings. The fraction of sp³-hybridized carbons (Fsp3) is 0.412. The van der Waals surface area contributed by atoms with Gasteiger partial charge in [0, 0.05) is 7.05 Å².